The van der Waals surface area contributed by atoms with Gasteiger partial charge in [-0.1, -0.05) is 13.0 Å². The molecule has 2 rings (SSSR count). The largest absolute Gasteiger partial charge is 0.329 e. The highest BCUT2D eigenvalue weighted by atomic mass is 19.1. The summed E-state index contributed by atoms with van der Waals surface area (Å²) < 4.78 is 13.2. The summed E-state index contributed by atoms with van der Waals surface area (Å²) in [5.74, 6) is 6.97. The smallest absolute Gasteiger partial charge is 0.145 e. The summed E-state index contributed by atoms with van der Waals surface area (Å²) in [5.41, 5.74) is 3.22. The fraction of sp³-hybridized carbons (Fsp3) is 0.231. The lowest BCUT2D eigenvalue weighted by Crippen LogP contribution is -2.16. The standard InChI is InChI=1S/C13H16FN5/c1-3-11-16-12(18-15)8-13(17-11)19(2)10-6-4-5-9(14)7-10/h4-8H,3,15H2,1-2H3,(H,16,17,18). The van der Waals surface area contributed by atoms with Gasteiger partial charge in [0.05, 0.1) is 0 Å². The van der Waals surface area contributed by atoms with Crippen LogP contribution in [-0.2, 0) is 6.42 Å². The van der Waals surface area contributed by atoms with Gasteiger partial charge in [0, 0.05) is 25.2 Å². The highest BCUT2D eigenvalue weighted by molar-refractivity contribution is 5.61. The van der Waals surface area contributed by atoms with Gasteiger partial charge in [-0.25, -0.2) is 20.2 Å². The molecule has 2 aromatic rings. The molecule has 19 heavy (non-hydrogen) atoms. The van der Waals surface area contributed by atoms with Gasteiger partial charge in [0.15, 0.2) is 0 Å². The van der Waals surface area contributed by atoms with Crippen LogP contribution < -0.4 is 16.2 Å². The molecule has 1 heterocycles. The SMILES string of the molecule is CCc1nc(NN)cc(N(C)c2cccc(F)c2)n1. The van der Waals surface area contributed by atoms with Crippen LogP contribution in [0.2, 0.25) is 0 Å². The van der Waals surface area contributed by atoms with E-state index in [0.717, 1.165) is 0 Å². The van der Waals surface area contributed by atoms with E-state index in [2.05, 4.69) is 15.4 Å². The van der Waals surface area contributed by atoms with Gasteiger partial charge in [0.25, 0.3) is 0 Å². The number of nitrogen functional groups attached to an aromatic ring is 1. The molecule has 0 fully saturated rings. The molecular weight excluding hydrogens is 245 g/mol. The van der Waals surface area contributed by atoms with Gasteiger partial charge >= 0.3 is 0 Å². The molecule has 5 nitrogen and oxygen atoms in total. The van der Waals surface area contributed by atoms with E-state index in [1.54, 1.807) is 17.0 Å². The van der Waals surface area contributed by atoms with Crippen LogP contribution in [0.1, 0.15) is 12.7 Å². The molecule has 100 valence electrons. The maximum Gasteiger partial charge on any atom is 0.145 e. The lowest BCUT2D eigenvalue weighted by molar-refractivity contribution is 0.628. The topological polar surface area (TPSA) is 67.1 Å². The van der Waals surface area contributed by atoms with Gasteiger partial charge in [0.2, 0.25) is 0 Å². The van der Waals surface area contributed by atoms with E-state index < -0.39 is 0 Å². The molecule has 0 unspecified atom stereocenters. The minimum atomic E-state index is -0.286. The molecule has 0 saturated carbocycles. The Hall–Kier alpha value is -2.21. The number of hydrogen-bond acceptors (Lipinski definition) is 5. The predicted molar refractivity (Wildman–Crippen MR) is 73.7 cm³/mol. The molecule has 6 heteroatoms. The fourth-order valence-electron chi connectivity index (χ4n) is 1.70. The van der Waals surface area contributed by atoms with Crippen LogP contribution in [0.15, 0.2) is 30.3 Å². The molecule has 0 aliphatic carbocycles. The number of halogens is 1. The van der Waals surface area contributed by atoms with Crippen molar-refractivity contribution < 1.29 is 4.39 Å². The Balaban J connectivity index is 2.40. The second kappa shape index (κ2) is 5.62. The lowest BCUT2D eigenvalue weighted by Gasteiger charge is -2.19. The molecular formula is C13H16FN5. The summed E-state index contributed by atoms with van der Waals surface area (Å²) in [6.07, 6.45) is 0.694. The van der Waals surface area contributed by atoms with Crippen molar-refractivity contribution in [3.05, 3.63) is 42.0 Å². The van der Waals surface area contributed by atoms with Crippen LogP contribution in [0.3, 0.4) is 0 Å². The minimum absolute atomic E-state index is 0.286. The monoisotopic (exact) mass is 261 g/mol. The summed E-state index contributed by atoms with van der Waals surface area (Å²) in [5, 5.41) is 0. The van der Waals surface area contributed by atoms with E-state index in [1.165, 1.54) is 12.1 Å². The van der Waals surface area contributed by atoms with E-state index >= 15 is 0 Å². The van der Waals surface area contributed by atoms with Gasteiger partial charge in [-0.2, -0.15) is 0 Å². The summed E-state index contributed by atoms with van der Waals surface area (Å²) in [6, 6.07) is 8.03. The molecule has 0 aliphatic heterocycles. The Morgan fingerprint density at radius 2 is 2.11 bits per heavy atom. The number of nitrogens with one attached hydrogen (secondary N) is 1. The van der Waals surface area contributed by atoms with E-state index in [9.17, 15) is 4.39 Å². The number of anilines is 3. The second-order valence-electron chi connectivity index (χ2n) is 4.06. The van der Waals surface area contributed by atoms with Crippen LogP contribution >= 0.6 is 0 Å². The number of nitrogens with zero attached hydrogens (tertiary/aromatic N) is 3. The van der Waals surface area contributed by atoms with Crippen LogP contribution in [-0.4, -0.2) is 17.0 Å². The van der Waals surface area contributed by atoms with Gasteiger partial charge in [-0.3, -0.25) is 0 Å². The Morgan fingerprint density at radius 3 is 2.74 bits per heavy atom. The molecule has 0 radical (unpaired) electrons. The fourth-order valence-corrected chi connectivity index (χ4v) is 1.70. The number of aromatic nitrogens is 2. The Labute approximate surface area is 111 Å². The van der Waals surface area contributed by atoms with Crippen LogP contribution in [0.25, 0.3) is 0 Å². The third-order valence-corrected chi connectivity index (χ3v) is 2.76. The van der Waals surface area contributed by atoms with E-state index in [1.807, 2.05) is 20.0 Å². The first-order valence-electron chi connectivity index (χ1n) is 5.98. The third kappa shape index (κ3) is 2.97. The van der Waals surface area contributed by atoms with Crippen molar-refractivity contribution in [2.45, 2.75) is 13.3 Å². The molecule has 0 atom stereocenters. The van der Waals surface area contributed by atoms with Crippen molar-refractivity contribution >= 4 is 17.3 Å². The summed E-state index contributed by atoms with van der Waals surface area (Å²) in [6.45, 7) is 1.96. The molecule has 1 aromatic carbocycles. The van der Waals surface area contributed by atoms with Crippen molar-refractivity contribution in [2.24, 2.45) is 5.84 Å². The van der Waals surface area contributed by atoms with Crippen LogP contribution in [0, 0.1) is 5.82 Å². The average Bonchev–Trinajstić information content (AvgIpc) is 2.45. The zero-order valence-electron chi connectivity index (χ0n) is 10.9. The average molecular weight is 261 g/mol. The highest BCUT2D eigenvalue weighted by Gasteiger charge is 2.09. The summed E-state index contributed by atoms with van der Waals surface area (Å²) >= 11 is 0. The van der Waals surface area contributed by atoms with Gasteiger partial charge in [-0.15, -0.1) is 0 Å². The number of aryl methyl sites for hydroxylation is 1. The first-order valence-corrected chi connectivity index (χ1v) is 5.98. The number of hydrogen-bond donors (Lipinski definition) is 2. The molecule has 0 aliphatic rings. The second-order valence-corrected chi connectivity index (χ2v) is 4.06. The lowest BCUT2D eigenvalue weighted by atomic mass is 10.3. The molecule has 0 saturated heterocycles. The maximum absolute atomic E-state index is 13.2. The first-order chi connectivity index (χ1) is 9.13. The quantitative estimate of drug-likeness (QED) is 0.652. The first kappa shape index (κ1) is 13.2. The molecule has 0 amide bonds. The van der Waals surface area contributed by atoms with Crippen LogP contribution in [0.4, 0.5) is 21.7 Å². The Morgan fingerprint density at radius 1 is 1.32 bits per heavy atom. The van der Waals surface area contributed by atoms with Crippen molar-refractivity contribution in [2.75, 3.05) is 17.4 Å². The Bertz CT molecular complexity index is 550. The van der Waals surface area contributed by atoms with Gasteiger partial charge in [0.1, 0.15) is 23.3 Å². The van der Waals surface area contributed by atoms with Gasteiger partial charge < -0.3 is 10.3 Å². The number of rotatable bonds is 4. The highest BCUT2D eigenvalue weighted by Crippen LogP contribution is 2.24. The van der Waals surface area contributed by atoms with Gasteiger partial charge in [-0.05, 0) is 18.2 Å². The zero-order chi connectivity index (χ0) is 13.8. The molecule has 1 aromatic heterocycles. The van der Waals surface area contributed by atoms with Crippen molar-refractivity contribution in [1.29, 1.82) is 0 Å². The number of benzene rings is 1. The summed E-state index contributed by atoms with van der Waals surface area (Å²) in [7, 11) is 1.82. The van der Waals surface area contributed by atoms with Crippen molar-refractivity contribution in [3.8, 4) is 0 Å². The molecule has 3 N–H and O–H groups in total. The number of hydrazine groups is 1. The number of nitrogens with two attached hydrogens (primary N) is 1. The van der Waals surface area contributed by atoms with E-state index in [-0.39, 0.29) is 5.82 Å². The zero-order valence-corrected chi connectivity index (χ0v) is 10.9. The molecule has 0 bridgehead atoms. The van der Waals surface area contributed by atoms with Crippen LogP contribution in [0.5, 0.6) is 0 Å². The maximum atomic E-state index is 13.2. The minimum Gasteiger partial charge on any atom is -0.329 e. The van der Waals surface area contributed by atoms with Crippen molar-refractivity contribution in [1.82, 2.24) is 9.97 Å². The third-order valence-electron chi connectivity index (χ3n) is 2.76. The van der Waals surface area contributed by atoms with E-state index in [4.69, 9.17) is 5.84 Å². The van der Waals surface area contributed by atoms with Crippen molar-refractivity contribution in [3.63, 3.8) is 0 Å². The summed E-state index contributed by atoms with van der Waals surface area (Å²) in [4.78, 5) is 10.4. The molecule has 0 spiro atoms. The Kier molecular flexibility index (Phi) is 3.91. The normalized spacial score (nSPS) is 10.3. The predicted octanol–water partition coefficient (Wildman–Crippen LogP) is 2.23. The van der Waals surface area contributed by atoms with E-state index in [0.29, 0.717) is 29.6 Å².